The highest BCUT2D eigenvalue weighted by atomic mass is 32.1. The third-order valence-electron chi connectivity index (χ3n) is 3.43. The molecule has 2 rings (SSSR count). The molecule has 0 radical (unpaired) electrons. The highest BCUT2D eigenvalue weighted by Gasteiger charge is 2.24. The minimum Gasteiger partial charge on any atom is -0.395 e. The molecule has 4 heteroatoms. The Balaban J connectivity index is 1.88. The van der Waals surface area contributed by atoms with Crippen LogP contribution in [0.4, 0.5) is 0 Å². The van der Waals surface area contributed by atoms with Crippen LogP contribution in [0.1, 0.15) is 29.5 Å². The summed E-state index contributed by atoms with van der Waals surface area (Å²) >= 11 is 1.72. The Morgan fingerprint density at radius 2 is 2.32 bits per heavy atom. The first-order valence-electron chi connectivity index (χ1n) is 6.78. The molecule has 0 aliphatic carbocycles. The number of aliphatic hydroxyl groups is 2. The molecular weight excluding hydrogens is 258 g/mol. The monoisotopic (exact) mass is 279 g/mol. The first kappa shape index (κ1) is 14.5. The van der Waals surface area contributed by atoms with Gasteiger partial charge in [0.1, 0.15) is 0 Å². The van der Waals surface area contributed by atoms with Gasteiger partial charge in [-0.1, -0.05) is 18.8 Å². The summed E-state index contributed by atoms with van der Waals surface area (Å²) in [6.45, 7) is 5.11. The summed E-state index contributed by atoms with van der Waals surface area (Å²) in [6, 6.07) is 4.18. The fourth-order valence-corrected chi connectivity index (χ4v) is 3.24. The van der Waals surface area contributed by atoms with Gasteiger partial charge < -0.3 is 10.2 Å². The molecule has 1 fully saturated rings. The molecule has 2 heterocycles. The molecule has 3 nitrogen and oxygen atoms in total. The molecule has 1 aliphatic rings. The second kappa shape index (κ2) is 7.06. The third kappa shape index (κ3) is 4.32. The van der Waals surface area contributed by atoms with E-state index in [0.29, 0.717) is 12.3 Å². The van der Waals surface area contributed by atoms with Crippen LogP contribution in [-0.4, -0.2) is 40.9 Å². The van der Waals surface area contributed by atoms with E-state index >= 15 is 0 Å². The number of aliphatic hydroxyl groups excluding tert-OH is 2. The zero-order chi connectivity index (χ0) is 13.7. The molecule has 0 bridgehead atoms. The van der Waals surface area contributed by atoms with E-state index < -0.39 is 0 Å². The van der Waals surface area contributed by atoms with E-state index in [2.05, 4.69) is 29.7 Å². The van der Waals surface area contributed by atoms with Crippen molar-refractivity contribution in [2.24, 2.45) is 5.92 Å². The summed E-state index contributed by atoms with van der Waals surface area (Å²) in [7, 11) is 0. The maximum absolute atomic E-state index is 9.72. The molecule has 1 aromatic heterocycles. The Labute approximate surface area is 118 Å². The second-order valence-electron chi connectivity index (χ2n) is 5.11. The van der Waals surface area contributed by atoms with Crippen molar-refractivity contribution in [1.82, 2.24) is 4.90 Å². The van der Waals surface area contributed by atoms with Gasteiger partial charge in [-0.2, -0.15) is 0 Å². The molecule has 2 atom stereocenters. The van der Waals surface area contributed by atoms with Crippen molar-refractivity contribution < 1.29 is 10.2 Å². The predicted octanol–water partition coefficient (Wildman–Crippen LogP) is 1.68. The highest BCUT2D eigenvalue weighted by Crippen LogP contribution is 2.22. The van der Waals surface area contributed by atoms with Crippen LogP contribution in [-0.2, 0) is 6.54 Å². The summed E-state index contributed by atoms with van der Waals surface area (Å²) < 4.78 is 0. The summed E-state index contributed by atoms with van der Waals surface area (Å²) in [4.78, 5) is 4.78. The minimum atomic E-state index is -0.139. The van der Waals surface area contributed by atoms with E-state index in [1.54, 1.807) is 11.3 Å². The Hall–Kier alpha value is -0.860. The average molecular weight is 279 g/mol. The lowest BCUT2D eigenvalue weighted by molar-refractivity contribution is 0.0324. The zero-order valence-corrected chi connectivity index (χ0v) is 12.1. The fraction of sp³-hybridized carbons (Fsp3) is 0.600. The summed E-state index contributed by atoms with van der Waals surface area (Å²) in [5.41, 5.74) is 0. The van der Waals surface area contributed by atoms with Crippen LogP contribution < -0.4 is 0 Å². The van der Waals surface area contributed by atoms with Crippen molar-refractivity contribution in [3.05, 3.63) is 21.9 Å². The summed E-state index contributed by atoms with van der Waals surface area (Å²) in [5.74, 6) is 6.37. The largest absolute Gasteiger partial charge is 0.395 e. The van der Waals surface area contributed by atoms with Crippen molar-refractivity contribution >= 4 is 11.3 Å². The Morgan fingerprint density at radius 1 is 1.47 bits per heavy atom. The van der Waals surface area contributed by atoms with E-state index in [-0.39, 0.29) is 12.7 Å². The van der Waals surface area contributed by atoms with E-state index in [9.17, 15) is 5.11 Å². The van der Waals surface area contributed by atoms with Crippen molar-refractivity contribution in [3.8, 4) is 11.8 Å². The minimum absolute atomic E-state index is 0.124. The Morgan fingerprint density at radius 3 is 3.05 bits per heavy atom. The van der Waals surface area contributed by atoms with Gasteiger partial charge in [0.15, 0.2) is 0 Å². The zero-order valence-electron chi connectivity index (χ0n) is 11.3. The van der Waals surface area contributed by atoms with Crippen LogP contribution in [0.15, 0.2) is 12.1 Å². The van der Waals surface area contributed by atoms with E-state index in [4.69, 9.17) is 5.11 Å². The smallest absolute Gasteiger partial charge is 0.0771 e. The first-order chi connectivity index (χ1) is 9.19. The molecular formula is C15H21NO2S. The van der Waals surface area contributed by atoms with Crippen LogP contribution in [0.3, 0.4) is 0 Å². The normalized spacial score (nSPS) is 23.9. The van der Waals surface area contributed by atoms with Crippen LogP contribution in [0.5, 0.6) is 0 Å². The number of hydrogen-bond acceptors (Lipinski definition) is 4. The van der Waals surface area contributed by atoms with Gasteiger partial charge in [-0.15, -0.1) is 11.3 Å². The number of hydrogen-bond donors (Lipinski definition) is 2. The fourth-order valence-electron chi connectivity index (χ4n) is 2.32. The maximum Gasteiger partial charge on any atom is 0.0771 e. The molecule has 0 saturated carbocycles. The summed E-state index contributed by atoms with van der Waals surface area (Å²) in [6.07, 6.45) is 1.27. The van der Waals surface area contributed by atoms with Gasteiger partial charge in [0.25, 0.3) is 0 Å². The van der Waals surface area contributed by atoms with Gasteiger partial charge in [0, 0.05) is 30.9 Å². The number of likely N-dealkylation sites (tertiary alicyclic amines) is 1. The van der Waals surface area contributed by atoms with Crippen LogP contribution in [0.2, 0.25) is 0 Å². The molecule has 104 valence electrons. The van der Waals surface area contributed by atoms with Crippen molar-refractivity contribution in [2.75, 3.05) is 19.7 Å². The lowest BCUT2D eigenvalue weighted by atomic mass is 9.97. The van der Waals surface area contributed by atoms with Crippen LogP contribution in [0, 0.1) is 17.8 Å². The molecule has 1 saturated heterocycles. The van der Waals surface area contributed by atoms with E-state index in [0.717, 1.165) is 30.9 Å². The lowest BCUT2D eigenvalue weighted by Gasteiger charge is -2.34. The van der Waals surface area contributed by atoms with Gasteiger partial charge in [0.05, 0.1) is 17.6 Å². The molecule has 19 heavy (non-hydrogen) atoms. The highest BCUT2D eigenvalue weighted by molar-refractivity contribution is 7.12. The topological polar surface area (TPSA) is 43.7 Å². The average Bonchev–Trinajstić information content (AvgIpc) is 2.82. The Bertz CT molecular complexity index is 460. The number of nitrogens with zero attached hydrogens (tertiary/aromatic N) is 1. The van der Waals surface area contributed by atoms with Crippen molar-refractivity contribution in [1.29, 1.82) is 0 Å². The molecule has 2 unspecified atom stereocenters. The van der Waals surface area contributed by atoms with Crippen LogP contribution in [0.25, 0.3) is 0 Å². The molecule has 0 aromatic carbocycles. The van der Waals surface area contributed by atoms with Crippen LogP contribution >= 0.6 is 11.3 Å². The summed E-state index contributed by atoms with van der Waals surface area (Å²) in [5, 5.41) is 18.4. The molecule has 0 spiro atoms. The van der Waals surface area contributed by atoms with Gasteiger partial charge in [-0.05, 0) is 24.5 Å². The van der Waals surface area contributed by atoms with Gasteiger partial charge in [-0.3, -0.25) is 4.90 Å². The van der Waals surface area contributed by atoms with E-state index in [1.807, 2.05) is 6.07 Å². The molecule has 0 amide bonds. The third-order valence-corrected chi connectivity index (χ3v) is 4.42. The molecule has 1 aliphatic heterocycles. The number of piperidine rings is 1. The lowest BCUT2D eigenvalue weighted by Crippen LogP contribution is -2.41. The van der Waals surface area contributed by atoms with Crippen molar-refractivity contribution in [3.63, 3.8) is 0 Å². The van der Waals surface area contributed by atoms with Crippen molar-refractivity contribution in [2.45, 2.75) is 32.4 Å². The van der Waals surface area contributed by atoms with Gasteiger partial charge >= 0.3 is 0 Å². The van der Waals surface area contributed by atoms with Gasteiger partial charge in [0.2, 0.25) is 0 Å². The molecule has 1 aromatic rings. The predicted molar refractivity (Wildman–Crippen MR) is 78.0 cm³/mol. The second-order valence-corrected chi connectivity index (χ2v) is 6.28. The Kier molecular flexibility index (Phi) is 5.41. The first-order valence-corrected chi connectivity index (χ1v) is 7.59. The SMILES string of the molecule is CC1CN(Cc2ccc(C#CCCO)s2)CCC1O. The van der Waals surface area contributed by atoms with E-state index in [1.165, 1.54) is 4.88 Å². The number of thiophene rings is 1. The maximum atomic E-state index is 9.72. The quantitative estimate of drug-likeness (QED) is 0.828. The van der Waals surface area contributed by atoms with Gasteiger partial charge in [-0.25, -0.2) is 0 Å². The molecule has 2 N–H and O–H groups in total. The standard InChI is InChI=1S/C15H21NO2S/c1-12-10-16(8-7-15(12)18)11-14-6-5-13(19-14)4-2-3-9-17/h5-6,12,15,17-18H,3,7-11H2,1H3. The number of rotatable bonds is 3.